The van der Waals surface area contributed by atoms with Crippen LogP contribution >= 0.6 is 11.3 Å². The topological polar surface area (TPSA) is 96.2 Å². The highest BCUT2D eigenvalue weighted by Gasteiger charge is 2.33. The molecule has 204 valence electrons. The van der Waals surface area contributed by atoms with E-state index >= 15 is 0 Å². The van der Waals surface area contributed by atoms with Gasteiger partial charge in [0, 0.05) is 6.92 Å². The summed E-state index contributed by atoms with van der Waals surface area (Å²) in [6.07, 6.45) is 1.74. The Morgan fingerprint density at radius 3 is 2.41 bits per heavy atom. The normalized spacial score (nSPS) is 15.2. The van der Waals surface area contributed by atoms with E-state index in [1.54, 1.807) is 42.7 Å². The van der Waals surface area contributed by atoms with Gasteiger partial charge in [0.1, 0.15) is 0 Å². The smallest absolute Gasteiger partial charge is 0.338 e. The number of carbonyl (C=O) groups is 2. The molecule has 0 spiro atoms. The maximum atomic E-state index is 13.8. The van der Waals surface area contributed by atoms with Crippen molar-refractivity contribution in [2.45, 2.75) is 53.5 Å². The van der Waals surface area contributed by atoms with E-state index in [9.17, 15) is 14.4 Å². The third-order valence-electron chi connectivity index (χ3n) is 6.25. The molecule has 4 rings (SSSR count). The van der Waals surface area contributed by atoms with Crippen molar-refractivity contribution in [3.63, 3.8) is 0 Å². The van der Waals surface area contributed by atoms with Gasteiger partial charge >= 0.3 is 11.9 Å². The summed E-state index contributed by atoms with van der Waals surface area (Å²) >= 11 is 1.24. The van der Waals surface area contributed by atoms with Gasteiger partial charge in [-0.1, -0.05) is 55.5 Å². The van der Waals surface area contributed by atoms with E-state index in [4.69, 9.17) is 14.2 Å². The van der Waals surface area contributed by atoms with Crippen LogP contribution in [0.2, 0.25) is 0 Å². The second kappa shape index (κ2) is 11.8. The van der Waals surface area contributed by atoms with Crippen LogP contribution < -0.4 is 24.4 Å². The molecule has 0 bridgehead atoms. The molecule has 1 aliphatic rings. The van der Waals surface area contributed by atoms with Gasteiger partial charge in [-0.05, 0) is 61.6 Å². The standard InChI is InChI=1S/C30H32N2O6S/c1-7-36-24-15-20(9-14-23(24)38-19(6)33)16-25-28(34)32-27(22-12-10-21(11-13-22)17(3)4)26(29(35)37-8-2)18(5)31-30(32)39-25/h9-17,27H,7-8H2,1-6H3/b25-16-/t27-/m0/s1. The van der Waals surface area contributed by atoms with E-state index in [0.717, 1.165) is 11.1 Å². The molecule has 9 heteroatoms. The van der Waals surface area contributed by atoms with Gasteiger partial charge in [0.15, 0.2) is 16.3 Å². The third kappa shape index (κ3) is 5.88. The maximum absolute atomic E-state index is 13.8. The van der Waals surface area contributed by atoms with Crippen molar-refractivity contribution >= 4 is 29.4 Å². The van der Waals surface area contributed by atoms with E-state index in [1.165, 1.54) is 18.3 Å². The first-order valence-corrected chi connectivity index (χ1v) is 13.7. The lowest BCUT2D eigenvalue weighted by Gasteiger charge is -2.25. The Morgan fingerprint density at radius 1 is 1.08 bits per heavy atom. The van der Waals surface area contributed by atoms with Gasteiger partial charge in [-0.2, -0.15) is 0 Å². The van der Waals surface area contributed by atoms with Crippen molar-refractivity contribution < 1.29 is 23.8 Å². The second-order valence-electron chi connectivity index (χ2n) is 9.36. The molecule has 0 amide bonds. The Kier molecular flexibility index (Phi) is 8.50. The molecule has 0 saturated heterocycles. The first-order valence-electron chi connectivity index (χ1n) is 12.9. The third-order valence-corrected chi connectivity index (χ3v) is 7.24. The highest BCUT2D eigenvalue weighted by Crippen LogP contribution is 2.32. The zero-order valence-corrected chi connectivity index (χ0v) is 23.8. The predicted molar refractivity (Wildman–Crippen MR) is 150 cm³/mol. The summed E-state index contributed by atoms with van der Waals surface area (Å²) in [4.78, 5) is 43.5. The molecule has 2 aromatic carbocycles. The number of carbonyl (C=O) groups excluding carboxylic acids is 2. The summed E-state index contributed by atoms with van der Waals surface area (Å²) in [5, 5.41) is 0. The highest BCUT2D eigenvalue weighted by molar-refractivity contribution is 7.07. The molecule has 1 aromatic heterocycles. The number of hydrogen-bond acceptors (Lipinski definition) is 8. The van der Waals surface area contributed by atoms with Crippen molar-refractivity contribution in [1.29, 1.82) is 0 Å². The number of rotatable bonds is 8. The van der Waals surface area contributed by atoms with Crippen LogP contribution in [0.25, 0.3) is 6.08 Å². The van der Waals surface area contributed by atoms with Gasteiger partial charge in [0.2, 0.25) is 0 Å². The molecular weight excluding hydrogens is 516 g/mol. The van der Waals surface area contributed by atoms with Crippen LogP contribution in [-0.4, -0.2) is 29.7 Å². The molecule has 0 unspecified atom stereocenters. The number of fused-ring (bicyclic) bond motifs is 1. The summed E-state index contributed by atoms with van der Waals surface area (Å²) in [6.45, 7) is 11.5. The summed E-state index contributed by atoms with van der Waals surface area (Å²) < 4.78 is 18.3. The largest absolute Gasteiger partial charge is 0.490 e. The van der Waals surface area contributed by atoms with Gasteiger partial charge in [-0.3, -0.25) is 14.2 Å². The number of ether oxygens (including phenoxy) is 3. The van der Waals surface area contributed by atoms with Crippen molar-refractivity contribution in [2.75, 3.05) is 13.2 Å². The van der Waals surface area contributed by atoms with Gasteiger partial charge < -0.3 is 14.2 Å². The van der Waals surface area contributed by atoms with Crippen molar-refractivity contribution in [3.8, 4) is 11.5 Å². The fraction of sp³-hybridized carbons (Fsp3) is 0.333. The molecule has 1 aliphatic heterocycles. The van der Waals surface area contributed by atoms with Crippen LogP contribution in [0.5, 0.6) is 11.5 Å². The van der Waals surface area contributed by atoms with Gasteiger partial charge in [0.25, 0.3) is 5.56 Å². The lowest BCUT2D eigenvalue weighted by Crippen LogP contribution is -2.39. The molecular formula is C30H32N2O6S. The number of allylic oxidation sites excluding steroid dienone is 1. The van der Waals surface area contributed by atoms with Crippen LogP contribution in [0.3, 0.4) is 0 Å². The first kappa shape index (κ1) is 28.0. The van der Waals surface area contributed by atoms with E-state index in [2.05, 4.69) is 18.8 Å². The monoisotopic (exact) mass is 548 g/mol. The van der Waals surface area contributed by atoms with Crippen LogP contribution in [0.4, 0.5) is 0 Å². The number of benzene rings is 2. The number of nitrogens with zero attached hydrogens (tertiary/aromatic N) is 2. The molecule has 2 heterocycles. The van der Waals surface area contributed by atoms with Gasteiger partial charge in [-0.15, -0.1) is 0 Å². The van der Waals surface area contributed by atoms with E-state index in [-0.39, 0.29) is 12.2 Å². The first-order chi connectivity index (χ1) is 18.6. The molecule has 0 radical (unpaired) electrons. The lowest BCUT2D eigenvalue weighted by atomic mass is 9.93. The SMILES string of the molecule is CCOC(=O)C1=C(C)N=c2s/c(=C\c3ccc(OC(C)=O)c(OCC)c3)c(=O)n2[C@H]1c1ccc(C(C)C)cc1. The minimum absolute atomic E-state index is 0.213. The summed E-state index contributed by atoms with van der Waals surface area (Å²) in [6, 6.07) is 12.4. The fourth-order valence-corrected chi connectivity index (χ4v) is 5.49. The molecule has 1 atom stereocenters. The number of thiazole rings is 1. The zero-order chi connectivity index (χ0) is 28.3. The second-order valence-corrected chi connectivity index (χ2v) is 10.4. The predicted octanol–water partition coefficient (Wildman–Crippen LogP) is 4.25. The molecule has 0 fully saturated rings. The Balaban J connectivity index is 1.88. The Hall–Kier alpha value is -3.98. The van der Waals surface area contributed by atoms with Crippen LogP contribution in [0, 0.1) is 0 Å². The summed E-state index contributed by atoms with van der Waals surface area (Å²) in [5.74, 6) is 0.108. The fourth-order valence-electron chi connectivity index (χ4n) is 4.44. The Morgan fingerprint density at radius 2 is 1.79 bits per heavy atom. The Labute approximate surface area is 230 Å². The lowest BCUT2D eigenvalue weighted by molar-refractivity contribution is -0.139. The summed E-state index contributed by atoms with van der Waals surface area (Å²) in [5.41, 5.74) is 3.24. The number of esters is 2. The van der Waals surface area contributed by atoms with E-state index in [0.29, 0.717) is 50.2 Å². The minimum Gasteiger partial charge on any atom is -0.490 e. The number of hydrogen-bond donors (Lipinski definition) is 0. The Bertz CT molecular complexity index is 1610. The molecule has 0 aliphatic carbocycles. The van der Waals surface area contributed by atoms with Crippen LogP contribution in [0.15, 0.2) is 63.5 Å². The van der Waals surface area contributed by atoms with E-state index in [1.807, 2.05) is 31.2 Å². The molecule has 8 nitrogen and oxygen atoms in total. The van der Waals surface area contributed by atoms with Crippen molar-refractivity contribution in [1.82, 2.24) is 4.57 Å². The quantitative estimate of drug-likeness (QED) is 0.309. The van der Waals surface area contributed by atoms with E-state index < -0.39 is 18.0 Å². The summed E-state index contributed by atoms with van der Waals surface area (Å²) in [7, 11) is 0. The van der Waals surface area contributed by atoms with Crippen molar-refractivity contribution in [2.24, 2.45) is 4.99 Å². The molecule has 0 N–H and O–H groups in total. The molecule has 3 aromatic rings. The van der Waals surface area contributed by atoms with Crippen LogP contribution in [-0.2, 0) is 14.3 Å². The minimum atomic E-state index is -0.672. The van der Waals surface area contributed by atoms with Crippen molar-refractivity contribution in [3.05, 3.63) is 90.1 Å². The van der Waals surface area contributed by atoms with Gasteiger partial charge in [0.05, 0.1) is 35.1 Å². The molecule has 39 heavy (non-hydrogen) atoms. The maximum Gasteiger partial charge on any atom is 0.338 e. The van der Waals surface area contributed by atoms with Crippen LogP contribution in [0.1, 0.15) is 70.2 Å². The van der Waals surface area contributed by atoms with Gasteiger partial charge in [-0.25, -0.2) is 9.79 Å². The average molecular weight is 549 g/mol. The number of aromatic nitrogens is 1. The average Bonchev–Trinajstić information content (AvgIpc) is 3.19. The molecule has 0 saturated carbocycles. The zero-order valence-electron chi connectivity index (χ0n) is 22.9. The highest BCUT2D eigenvalue weighted by atomic mass is 32.1.